The van der Waals surface area contributed by atoms with Crippen molar-refractivity contribution in [3.63, 3.8) is 0 Å². The van der Waals surface area contributed by atoms with Crippen LogP contribution in [0.3, 0.4) is 0 Å². The second-order valence-electron chi connectivity index (χ2n) is 5.11. The standard InChI is InChI=1S/C15H18F2O4/c1-4-5-6-20-13(18)15(2,3)14(19)21-12-8-10(16)7-11(17)9-12/h7-9H,4-6H2,1-3H3. The summed E-state index contributed by atoms with van der Waals surface area (Å²) in [6.07, 6.45) is 1.53. The fraction of sp³-hybridized carbons (Fsp3) is 0.467. The highest BCUT2D eigenvalue weighted by molar-refractivity contribution is 5.99. The Balaban J connectivity index is 2.74. The summed E-state index contributed by atoms with van der Waals surface area (Å²) in [6.45, 7) is 4.81. The minimum absolute atomic E-state index is 0.209. The molecule has 0 N–H and O–H groups in total. The van der Waals surface area contributed by atoms with E-state index >= 15 is 0 Å². The Morgan fingerprint density at radius 2 is 1.67 bits per heavy atom. The van der Waals surface area contributed by atoms with Crippen molar-refractivity contribution in [2.75, 3.05) is 6.61 Å². The van der Waals surface area contributed by atoms with Crippen LogP contribution >= 0.6 is 0 Å². The van der Waals surface area contributed by atoms with Gasteiger partial charge in [-0.3, -0.25) is 9.59 Å². The number of hydrogen-bond donors (Lipinski definition) is 0. The van der Waals surface area contributed by atoms with E-state index in [9.17, 15) is 18.4 Å². The molecule has 0 unspecified atom stereocenters. The first-order chi connectivity index (χ1) is 9.77. The van der Waals surface area contributed by atoms with Crippen molar-refractivity contribution in [3.8, 4) is 5.75 Å². The van der Waals surface area contributed by atoms with E-state index in [0.717, 1.165) is 18.6 Å². The molecule has 21 heavy (non-hydrogen) atoms. The summed E-state index contributed by atoms with van der Waals surface area (Å²) in [5.74, 6) is -3.72. The van der Waals surface area contributed by atoms with E-state index in [4.69, 9.17) is 9.47 Å². The predicted molar refractivity (Wildman–Crippen MR) is 71.6 cm³/mol. The molecular weight excluding hydrogens is 282 g/mol. The van der Waals surface area contributed by atoms with Gasteiger partial charge in [-0.15, -0.1) is 0 Å². The lowest BCUT2D eigenvalue weighted by Gasteiger charge is -2.20. The van der Waals surface area contributed by atoms with Crippen molar-refractivity contribution in [1.82, 2.24) is 0 Å². The molecule has 0 saturated carbocycles. The Labute approximate surface area is 122 Å². The third-order valence-corrected chi connectivity index (χ3v) is 2.80. The fourth-order valence-corrected chi connectivity index (χ4v) is 1.40. The molecule has 0 bridgehead atoms. The number of rotatable bonds is 6. The number of benzene rings is 1. The van der Waals surface area contributed by atoms with E-state index in [1.165, 1.54) is 13.8 Å². The van der Waals surface area contributed by atoms with Gasteiger partial charge in [-0.1, -0.05) is 13.3 Å². The largest absolute Gasteiger partial charge is 0.465 e. The van der Waals surface area contributed by atoms with Crippen molar-refractivity contribution < 1.29 is 27.8 Å². The predicted octanol–water partition coefficient (Wildman–Crippen LogP) is 3.24. The lowest BCUT2D eigenvalue weighted by atomic mass is 9.94. The molecule has 0 amide bonds. The molecule has 4 nitrogen and oxygen atoms in total. The smallest absolute Gasteiger partial charge is 0.328 e. The maximum Gasteiger partial charge on any atom is 0.328 e. The quantitative estimate of drug-likeness (QED) is 0.350. The normalized spacial score (nSPS) is 11.1. The summed E-state index contributed by atoms with van der Waals surface area (Å²) >= 11 is 0. The topological polar surface area (TPSA) is 52.6 Å². The number of carbonyl (C=O) groups excluding carboxylic acids is 2. The number of esters is 2. The van der Waals surface area contributed by atoms with Crippen LogP contribution in [0.2, 0.25) is 0 Å². The molecule has 0 aliphatic rings. The summed E-state index contributed by atoms with van der Waals surface area (Å²) in [6, 6.07) is 2.38. The van der Waals surface area contributed by atoms with Gasteiger partial charge >= 0.3 is 11.9 Å². The van der Waals surface area contributed by atoms with Gasteiger partial charge in [0.25, 0.3) is 0 Å². The summed E-state index contributed by atoms with van der Waals surface area (Å²) < 4.78 is 35.8. The lowest BCUT2D eigenvalue weighted by Crippen LogP contribution is -2.38. The highest BCUT2D eigenvalue weighted by Crippen LogP contribution is 2.23. The van der Waals surface area contributed by atoms with Crippen molar-refractivity contribution in [2.45, 2.75) is 33.6 Å². The van der Waals surface area contributed by atoms with Gasteiger partial charge < -0.3 is 9.47 Å². The van der Waals surface area contributed by atoms with Crippen molar-refractivity contribution >= 4 is 11.9 Å². The van der Waals surface area contributed by atoms with Crippen LogP contribution in [0.1, 0.15) is 33.6 Å². The number of carbonyl (C=O) groups is 2. The summed E-state index contributed by atoms with van der Waals surface area (Å²) in [5.41, 5.74) is -1.56. The first-order valence-corrected chi connectivity index (χ1v) is 6.63. The minimum atomic E-state index is -1.56. The van der Waals surface area contributed by atoms with E-state index < -0.39 is 29.0 Å². The molecule has 0 aromatic heterocycles. The molecule has 0 saturated heterocycles. The van der Waals surface area contributed by atoms with Gasteiger partial charge in [-0.2, -0.15) is 0 Å². The van der Waals surface area contributed by atoms with Crippen molar-refractivity contribution in [2.24, 2.45) is 5.41 Å². The minimum Gasteiger partial charge on any atom is -0.465 e. The van der Waals surface area contributed by atoms with Crippen LogP contribution in [0.25, 0.3) is 0 Å². The SMILES string of the molecule is CCCCOC(=O)C(C)(C)C(=O)Oc1cc(F)cc(F)c1. The van der Waals surface area contributed by atoms with E-state index in [1.54, 1.807) is 0 Å². The molecule has 1 aromatic rings. The highest BCUT2D eigenvalue weighted by atomic mass is 19.1. The average molecular weight is 300 g/mol. The van der Waals surface area contributed by atoms with Crippen LogP contribution in [0.5, 0.6) is 5.75 Å². The molecule has 0 fully saturated rings. The van der Waals surface area contributed by atoms with Crippen molar-refractivity contribution in [3.05, 3.63) is 29.8 Å². The summed E-state index contributed by atoms with van der Waals surface area (Å²) in [7, 11) is 0. The van der Waals surface area contributed by atoms with Crippen LogP contribution in [0, 0.1) is 17.0 Å². The second kappa shape index (κ2) is 7.15. The van der Waals surface area contributed by atoms with Crippen LogP contribution in [-0.2, 0) is 14.3 Å². The maximum atomic E-state index is 13.0. The van der Waals surface area contributed by atoms with Crippen molar-refractivity contribution in [1.29, 1.82) is 0 Å². The third-order valence-electron chi connectivity index (χ3n) is 2.80. The first-order valence-electron chi connectivity index (χ1n) is 6.63. The van der Waals surface area contributed by atoms with Crippen LogP contribution in [-0.4, -0.2) is 18.5 Å². The number of halogens is 2. The summed E-state index contributed by atoms with van der Waals surface area (Å²) in [5, 5.41) is 0. The van der Waals surface area contributed by atoms with Gasteiger partial charge in [-0.25, -0.2) is 8.78 Å². The van der Waals surface area contributed by atoms with Gasteiger partial charge in [0.2, 0.25) is 0 Å². The molecule has 0 radical (unpaired) electrons. The van der Waals surface area contributed by atoms with E-state index in [0.29, 0.717) is 12.5 Å². The molecule has 1 rings (SSSR count). The third kappa shape index (κ3) is 4.81. The first kappa shape index (κ1) is 17.1. The molecule has 0 aliphatic heterocycles. The number of unbranched alkanes of at least 4 members (excludes halogenated alkanes) is 1. The van der Waals surface area contributed by atoms with Gasteiger partial charge in [0.1, 0.15) is 17.4 Å². The van der Waals surface area contributed by atoms with Crippen LogP contribution in [0.4, 0.5) is 8.78 Å². The summed E-state index contributed by atoms with van der Waals surface area (Å²) in [4.78, 5) is 23.8. The average Bonchev–Trinajstić information content (AvgIpc) is 2.37. The molecule has 116 valence electrons. The van der Waals surface area contributed by atoms with Gasteiger partial charge in [0, 0.05) is 18.2 Å². The molecular formula is C15H18F2O4. The molecule has 0 spiro atoms. The monoisotopic (exact) mass is 300 g/mol. The molecule has 0 heterocycles. The van der Waals surface area contributed by atoms with E-state index in [2.05, 4.69) is 0 Å². The maximum absolute atomic E-state index is 13.0. The number of ether oxygens (including phenoxy) is 2. The Hall–Kier alpha value is -1.98. The van der Waals surface area contributed by atoms with E-state index in [-0.39, 0.29) is 12.4 Å². The molecule has 0 atom stereocenters. The molecule has 0 aliphatic carbocycles. The Bertz CT molecular complexity index is 506. The lowest BCUT2D eigenvalue weighted by molar-refractivity contribution is -0.164. The fourth-order valence-electron chi connectivity index (χ4n) is 1.40. The molecule has 1 aromatic carbocycles. The van der Waals surface area contributed by atoms with Gasteiger partial charge in [0.15, 0.2) is 5.41 Å². The highest BCUT2D eigenvalue weighted by Gasteiger charge is 2.39. The zero-order valence-corrected chi connectivity index (χ0v) is 12.2. The van der Waals surface area contributed by atoms with E-state index in [1.807, 2.05) is 6.92 Å². The number of hydrogen-bond acceptors (Lipinski definition) is 4. The second-order valence-corrected chi connectivity index (χ2v) is 5.11. The zero-order valence-electron chi connectivity index (χ0n) is 12.2. The zero-order chi connectivity index (χ0) is 16.0. The van der Waals surface area contributed by atoms with Gasteiger partial charge in [0.05, 0.1) is 6.61 Å². The Morgan fingerprint density at radius 3 is 2.19 bits per heavy atom. The van der Waals surface area contributed by atoms with Crippen LogP contribution < -0.4 is 4.74 Å². The Morgan fingerprint density at radius 1 is 1.10 bits per heavy atom. The van der Waals surface area contributed by atoms with Crippen LogP contribution in [0.15, 0.2) is 18.2 Å². The molecule has 6 heteroatoms. The Kier molecular flexibility index (Phi) is 5.81. The van der Waals surface area contributed by atoms with Gasteiger partial charge in [-0.05, 0) is 20.3 Å².